The van der Waals surface area contributed by atoms with Crippen molar-refractivity contribution < 1.29 is 14.3 Å². The second kappa shape index (κ2) is 10.3. The second-order valence-electron chi connectivity index (χ2n) is 8.34. The van der Waals surface area contributed by atoms with E-state index in [1.165, 1.54) is 19.0 Å². The molecule has 1 aromatic carbocycles. The lowest BCUT2D eigenvalue weighted by molar-refractivity contribution is 0.0949. The third-order valence-electron chi connectivity index (χ3n) is 5.79. The minimum atomic E-state index is -0.273. The molecule has 0 atom stereocenters. The highest BCUT2D eigenvalue weighted by Gasteiger charge is 2.22. The normalized spacial score (nSPS) is 15.7. The van der Waals surface area contributed by atoms with Gasteiger partial charge in [-0.05, 0) is 43.0 Å². The Morgan fingerprint density at radius 1 is 1.18 bits per heavy atom. The van der Waals surface area contributed by atoms with Crippen LogP contribution in [0.5, 0.6) is 5.75 Å². The molecule has 0 unspecified atom stereocenters. The van der Waals surface area contributed by atoms with Crippen molar-refractivity contribution >= 4 is 23.3 Å². The molecule has 176 valence electrons. The molecule has 2 aliphatic rings. The van der Waals surface area contributed by atoms with Crippen molar-refractivity contribution in [1.82, 2.24) is 25.5 Å². The van der Waals surface area contributed by atoms with Crippen molar-refractivity contribution in [2.75, 3.05) is 37.8 Å². The van der Waals surface area contributed by atoms with E-state index >= 15 is 0 Å². The van der Waals surface area contributed by atoms with Crippen LogP contribution in [0.3, 0.4) is 0 Å². The molecule has 1 aliphatic heterocycles. The summed E-state index contributed by atoms with van der Waals surface area (Å²) in [5.74, 6) is 1.78. The molecule has 5 rings (SSSR count). The quantitative estimate of drug-likeness (QED) is 0.524. The number of nitrogens with one attached hydrogen (secondary N) is 1. The highest BCUT2D eigenvalue weighted by Crippen LogP contribution is 2.33. The lowest BCUT2D eigenvalue weighted by Gasteiger charge is -2.28. The maximum absolute atomic E-state index is 12.9. The summed E-state index contributed by atoms with van der Waals surface area (Å²) in [6.07, 6.45) is 7.14. The van der Waals surface area contributed by atoms with Crippen LogP contribution in [0, 0.1) is 5.92 Å². The first-order valence-corrected chi connectivity index (χ1v) is 11.7. The van der Waals surface area contributed by atoms with Crippen LogP contribution in [0.1, 0.15) is 28.9 Å². The van der Waals surface area contributed by atoms with E-state index in [4.69, 9.17) is 21.1 Å². The summed E-state index contributed by atoms with van der Waals surface area (Å²) in [6.45, 7) is 3.70. The fourth-order valence-corrected chi connectivity index (χ4v) is 3.93. The van der Waals surface area contributed by atoms with E-state index in [2.05, 4.69) is 30.4 Å². The standard InChI is InChI=1S/C24H25ClN6O3/c25-19-11-17(3-4-22(19)34-15-16-1-2-16)20-12-18(13-29-30-20)24(32)28-14-21-23(27-6-5-26-21)31-7-9-33-10-8-31/h3-6,11-13,16H,1-2,7-10,14-15H2,(H,28,32). The van der Waals surface area contributed by atoms with Crippen LogP contribution >= 0.6 is 11.6 Å². The molecule has 1 saturated carbocycles. The molecule has 0 radical (unpaired) electrons. The van der Waals surface area contributed by atoms with Crippen molar-refractivity contribution in [3.8, 4) is 17.0 Å². The smallest absolute Gasteiger partial charge is 0.253 e. The van der Waals surface area contributed by atoms with E-state index in [0.29, 0.717) is 53.5 Å². The predicted molar refractivity (Wildman–Crippen MR) is 127 cm³/mol. The Morgan fingerprint density at radius 3 is 2.79 bits per heavy atom. The molecule has 34 heavy (non-hydrogen) atoms. The number of rotatable bonds is 8. The fourth-order valence-electron chi connectivity index (χ4n) is 3.69. The summed E-state index contributed by atoms with van der Waals surface area (Å²) in [6, 6.07) is 7.17. The van der Waals surface area contributed by atoms with Gasteiger partial charge in [0.05, 0.1) is 48.8 Å². The average Bonchev–Trinajstić information content (AvgIpc) is 3.72. The number of anilines is 1. The molecule has 1 amide bonds. The molecule has 3 heterocycles. The van der Waals surface area contributed by atoms with E-state index < -0.39 is 0 Å². The molecule has 2 aromatic heterocycles. The van der Waals surface area contributed by atoms with Crippen LogP contribution in [0.15, 0.2) is 42.9 Å². The van der Waals surface area contributed by atoms with E-state index in [9.17, 15) is 4.79 Å². The Morgan fingerprint density at radius 2 is 2.00 bits per heavy atom. The first-order chi connectivity index (χ1) is 16.7. The number of carbonyl (C=O) groups is 1. The van der Waals surface area contributed by atoms with Gasteiger partial charge in [-0.1, -0.05) is 11.6 Å². The third kappa shape index (κ3) is 5.43. The van der Waals surface area contributed by atoms with Gasteiger partial charge in [-0.3, -0.25) is 9.78 Å². The second-order valence-corrected chi connectivity index (χ2v) is 8.75. The summed E-state index contributed by atoms with van der Waals surface area (Å²) < 4.78 is 11.2. The SMILES string of the molecule is O=C(NCc1nccnc1N1CCOCC1)c1cnnc(-c2ccc(OCC3CC3)c(Cl)c2)c1. The summed E-state index contributed by atoms with van der Waals surface area (Å²) in [5.41, 5.74) is 2.41. The van der Waals surface area contributed by atoms with Crippen molar-refractivity contribution in [1.29, 1.82) is 0 Å². The molecule has 9 nitrogen and oxygen atoms in total. The molecular formula is C24H25ClN6O3. The van der Waals surface area contributed by atoms with E-state index in [1.54, 1.807) is 24.5 Å². The van der Waals surface area contributed by atoms with E-state index in [-0.39, 0.29) is 12.5 Å². The zero-order chi connectivity index (χ0) is 23.3. The Bertz CT molecular complexity index is 1170. The number of nitrogens with zero attached hydrogens (tertiary/aromatic N) is 5. The molecule has 1 aliphatic carbocycles. The van der Waals surface area contributed by atoms with Gasteiger partial charge in [-0.25, -0.2) is 4.98 Å². The highest BCUT2D eigenvalue weighted by atomic mass is 35.5. The van der Waals surface area contributed by atoms with Crippen LogP contribution in [0.4, 0.5) is 5.82 Å². The summed E-state index contributed by atoms with van der Waals surface area (Å²) in [7, 11) is 0. The van der Waals surface area contributed by atoms with Gasteiger partial charge in [0.2, 0.25) is 0 Å². The van der Waals surface area contributed by atoms with Crippen LogP contribution in [0.2, 0.25) is 5.02 Å². The predicted octanol–water partition coefficient (Wildman–Crippen LogP) is 3.14. The largest absolute Gasteiger partial charge is 0.492 e. The van der Waals surface area contributed by atoms with Crippen LogP contribution in [-0.2, 0) is 11.3 Å². The molecule has 1 saturated heterocycles. The average molecular weight is 481 g/mol. The molecule has 10 heteroatoms. The Kier molecular flexibility index (Phi) is 6.82. The molecular weight excluding hydrogens is 456 g/mol. The molecule has 3 aromatic rings. The lowest BCUT2D eigenvalue weighted by Crippen LogP contribution is -2.38. The number of ether oxygens (including phenoxy) is 2. The fraction of sp³-hybridized carbons (Fsp3) is 0.375. The van der Waals surface area contributed by atoms with E-state index in [0.717, 1.165) is 24.5 Å². The summed E-state index contributed by atoms with van der Waals surface area (Å²) in [5, 5.41) is 11.6. The Balaban J connectivity index is 1.26. The maximum atomic E-state index is 12.9. The third-order valence-corrected chi connectivity index (χ3v) is 6.09. The topological polar surface area (TPSA) is 102 Å². The van der Waals surface area contributed by atoms with Crippen LogP contribution < -0.4 is 15.0 Å². The molecule has 1 N–H and O–H groups in total. The number of halogens is 1. The van der Waals surface area contributed by atoms with Gasteiger partial charge in [-0.15, -0.1) is 0 Å². The summed E-state index contributed by atoms with van der Waals surface area (Å²) in [4.78, 5) is 23.9. The molecule has 0 bridgehead atoms. The van der Waals surface area contributed by atoms with Gasteiger partial charge in [-0.2, -0.15) is 10.2 Å². The van der Waals surface area contributed by atoms with Crippen LogP contribution in [-0.4, -0.2) is 59.0 Å². The first-order valence-electron chi connectivity index (χ1n) is 11.3. The van der Waals surface area contributed by atoms with Crippen molar-refractivity contribution in [2.24, 2.45) is 5.92 Å². The highest BCUT2D eigenvalue weighted by molar-refractivity contribution is 6.32. The Labute approximate surface area is 202 Å². The zero-order valence-corrected chi connectivity index (χ0v) is 19.4. The van der Waals surface area contributed by atoms with Gasteiger partial charge < -0.3 is 19.7 Å². The number of morpholine rings is 1. The van der Waals surface area contributed by atoms with Gasteiger partial charge in [0.1, 0.15) is 11.4 Å². The first kappa shape index (κ1) is 22.5. The van der Waals surface area contributed by atoms with Gasteiger partial charge in [0.15, 0.2) is 5.82 Å². The van der Waals surface area contributed by atoms with Crippen molar-refractivity contribution in [2.45, 2.75) is 19.4 Å². The monoisotopic (exact) mass is 480 g/mol. The number of carbonyl (C=O) groups excluding carboxylic acids is 1. The number of benzene rings is 1. The number of amides is 1. The number of hydrogen-bond acceptors (Lipinski definition) is 8. The zero-order valence-electron chi connectivity index (χ0n) is 18.6. The van der Waals surface area contributed by atoms with Gasteiger partial charge in [0, 0.05) is 31.0 Å². The number of aromatic nitrogens is 4. The minimum absolute atomic E-state index is 0.246. The van der Waals surface area contributed by atoms with Crippen molar-refractivity contribution in [3.05, 3.63) is 59.1 Å². The maximum Gasteiger partial charge on any atom is 0.253 e. The van der Waals surface area contributed by atoms with Gasteiger partial charge >= 0.3 is 0 Å². The summed E-state index contributed by atoms with van der Waals surface area (Å²) >= 11 is 6.40. The van der Waals surface area contributed by atoms with E-state index in [1.807, 2.05) is 12.1 Å². The Hall–Kier alpha value is -3.30. The molecule has 2 fully saturated rings. The molecule has 0 spiro atoms. The van der Waals surface area contributed by atoms with Gasteiger partial charge in [0.25, 0.3) is 5.91 Å². The number of hydrogen-bond donors (Lipinski definition) is 1. The van der Waals surface area contributed by atoms with Crippen molar-refractivity contribution in [3.63, 3.8) is 0 Å². The minimum Gasteiger partial charge on any atom is -0.492 e. The lowest BCUT2D eigenvalue weighted by atomic mass is 10.1. The van der Waals surface area contributed by atoms with Crippen LogP contribution in [0.25, 0.3) is 11.3 Å².